The molecule has 84 valence electrons. The van der Waals surface area contributed by atoms with Gasteiger partial charge in [0.1, 0.15) is 7.92 Å². The van der Waals surface area contributed by atoms with Gasteiger partial charge in [-0.25, -0.2) is 9.59 Å². The molecule has 0 unspecified atom stereocenters. The third-order valence-electron chi connectivity index (χ3n) is 1.42. The lowest BCUT2D eigenvalue weighted by molar-refractivity contribution is 0.173. The Balaban J connectivity index is 4.36. The lowest BCUT2D eigenvalue weighted by Crippen LogP contribution is -2.11. The molecule has 0 aromatic carbocycles. The van der Waals surface area contributed by atoms with Gasteiger partial charge in [-0.1, -0.05) is 0 Å². The minimum atomic E-state index is -1.65. The molecule has 0 heterocycles. The molecule has 0 aromatic rings. The normalized spacial score (nSPS) is 9.47. The number of nitriles is 1. The molecule has 0 rings (SSSR count). The van der Waals surface area contributed by atoms with Gasteiger partial charge in [-0.3, -0.25) is 0 Å². The highest BCUT2D eigenvalue weighted by Gasteiger charge is 2.28. The van der Waals surface area contributed by atoms with Crippen molar-refractivity contribution in [3.63, 3.8) is 0 Å². The van der Waals surface area contributed by atoms with E-state index in [1.807, 2.05) is 6.07 Å². The summed E-state index contributed by atoms with van der Waals surface area (Å²) in [6, 6.07) is 1.89. The number of rotatable bonds is 6. The Kier molecular flexibility index (Phi) is 7.57. The van der Waals surface area contributed by atoms with Crippen molar-refractivity contribution in [3.8, 4) is 6.07 Å². The first-order valence-corrected chi connectivity index (χ1v) is 6.18. The van der Waals surface area contributed by atoms with Crippen LogP contribution in [-0.2, 0) is 9.47 Å². The summed E-state index contributed by atoms with van der Waals surface area (Å²) in [6.45, 7) is 3.79. The molecule has 0 aromatic heterocycles. The first-order valence-electron chi connectivity index (χ1n) is 4.65. The van der Waals surface area contributed by atoms with Crippen LogP contribution in [0.4, 0.5) is 9.59 Å². The first-order chi connectivity index (χ1) is 7.17. The standard InChI is InChI=1S/C9H14NO4P/c1-3-13-8(11)15(7-5-6-10)9(12)14-4-2/h3-5,7H2,1-2H3. The molecule has 6 heteroatoms. The van der Waals surface area contributed by atoms with Crippen LogP contribution in [0.5, 0.6) is 0 Å². The fourth-order valence-electron chi connectivity index (χ4n) is 0.822. The Morgan fingerprint density at radius 1 is 1.20 bits per heavy atom. The van der Waals surface area contributed by atoms with Crippen LogP contribution >= 0.6 is 7.92 Å². The molecule has 0 aliphatic carbocycles. The summed E-state index contributed by atoms with van der Waals surface area (Å²) in [5.41, 5.74) is -1.11. The summed E-state index contributed by atoms with van der Waals surface area (Å²) in [5.74, 6) is 0. The summed E-state index contributed by atoms with van der Waals surface area (Å²) in [7, 11) is -1.65. The minimum Gasteiger partial charge on any atom is -0.462 e. The van der Waals surface area contributed by atoms with Gasteiger partial charge in [0.15, 0.2) is 0 Å². The fourth-order valence-corrected chi connectivity index (χ4v) is 2.23. The number of carbonyl (C=O) groups excluding carboxylic acids is 2. The summed E-state index contributed by atoms with van der Waals surface area (Å²) in [4.78, 5) is 22.7. The van der Waals surface area contributed by atoms with Gasteiger partial charge in [0.2, 0.25) is 0 Å². The van der Waals surface area contributed by atoms with Crippen molar-refractivity contribution in [1.29, 1.82) is 5.26 Å². The van der Waals surface area contributed by atoms with Gasteiger partial charge < -0.3 is 9.47 Å². The Bertz CT molecular complexity index is 243. The zero-order chi connectivity index (χ0) is 11.7. The molecule has 0 spiro atoms. The largest absolute Gasteiger partial charge is 0.462 e. The molecule has 15 heavy (non-hydrogen) atoms. The molecule has 0 bridgehead atoms. The zero-order valence-corrected chi connectivity index (χ0v) is 9.75. The van der Waals surface area contributed by atoms with Crippen LogP contribution in [0, 0.1) is 11.3 Å². The van der Waals surface area contributed by atoms with Crippen molar-refractivity contribution in [1.82, 2.24) is 0 Å². The van der Waals surface area contributed by atoms with Crippen molar-refractivity contribution in [2.24, 2.45) is 0 Å². The van der Waals surface area contributed by atoms with E-state index in [4.69, 9.17) is 14.7 Å². The molecule has 0 radical (unpaired) electrons. The summed E-state index contributed by atoms with van der Waals surface area (Å²) >= 11 is 0. The van der Waals surface area contributed by atoms with Crippen molar-refractivity contribution in [2.75, 3.05) is 19.4 Å². The smallest absolute Gasteiger partial charge is 0.337 e. The number of hydrogen-bond acceptors (Lipinski definition) is 5. The second kappa shape index (κ2) is 8.19. The molecule has 0 saturated heterocycles. The van der Waals surface area contributed by atoms with E-state index in [9.17, 15) is 9.59 Å². The zero-order valence-electron chi connectivity index (χ0n) is 8.86. The second-order valence-electron chi connectivity index (χ2n) is 2.46. The second-order valence-corrected chi connectivity index (χ2v) is 4.49. The van der Waals surface area contributed by atoms with Gasteiger partial charge in [0.05, 0.1) is 19.3 Å². The van der Waals surface area contributed by atoms with Crippen LogP contribution < -0.4 is 0 Å². The van der Waals surface area contributed by atoms with E-state index in [0.717, 1.165) is 0 Å². The van der Waals surface area contributed by atoms with Crippen molar-refractivity contribution >= 4 is 19.3 Å². The van der Waals surface area contributed by atoms with Crippen molar-refractivity contribution in [3.05, 3.63) is 0 Å². The highest BCUT2D eigenvalue weighted by atomic mass is 31.1. The van der Waals surface area contributed by atoms with E-state index in [1.165, 1.54) is 0 Å². The first kappa shape index (κ1) is 13.9. The van der Waals surface area contributed by atoms with Gasteiger partial charge in [0, 0.05) is 12.6 Å². The van der Waals surface area contributed by atoms with Crippen molar-refractivity contribution < 1.29 is 19.1 Å². The average molecular weight is 231 g/mol. The van der Waals surface area contributed by atoms with Crippen LogP contribution in [0.3, 0.4) is 0 Å². The van der Waals surface area contributed by atoms with Gasteiger partial charge in [-0.05, 0) is 13.8 Å². The maximum Gasteiger partial charge on any atom is 0.337 e. The predicted octanol–water partition coefficient (Wildman–Crippen LogP) is 2.69. The maximum atomic E-state index is 11.4. The average Bonchev–Trinajstić information content (AvgIpc) is 2.19. The van der Waals surface area contributed by atoms with E-state index in [2.05, 4.69) is 0 Å². The van der Waals surface area contributed by atoms with E-state index in [-0.39, 0.29) is 25.8 Å². The third kappa shape index (κ3) is 5.34. The number of carbonyl (C=O) groups is 2. The Hall–Kier alpha value is -1.14. The lowest BCUT2D eigenvalue weighted by atomic mass is 10.6. The molecule has 0 fully saturated rings. The molecular weight excluding hydrogens is 217 g/mol. The van der Waals surface area contributed by atoms with Gasteiger partial charge in [-0.2, -0.15) is 5.26 Å². The van der Waals surface area contributed by atoms with E-state index < -0.39 is 19.3 Å². The quantitative estimate of drug-likeness (QED) is 0.657. The van der Waals surface area contributed by atoms with E-state index in [1.54, 1.807) is 13.8 Å². The topological polar surface area (TPSA) is 76.4 Å². The van der Waals surface area contributed by atoms with Gasteiger partial charge >= 0.3 is 11.4 Å². The van der Waals surface area contributed by atoms with Crippen LogP contribution in [0.2, 0.25) is 0 Å². The predicted molar refractivity (Wildman–Crippen MR) is 56.1 cm³/mol. The molecule has 0 atom stereocenters. The monoisotopic (exact) mass is 231 g/mol. The Labute approximate surface area is 90.1 Å². The number of nitrogens with zero attached hydrogens (tertiary/aromatic N) is 1. The molecule has 0 saturated carbocycles. The van der Waals surface area contributed by atoms with Crippen LogP contribution in [0.15, 0.2) is 0 Å². The minimum absolute atomic E-state index is 0.156. The van der Waals surface area contributed by atoms with E-state index in [0.29, 0.717) is 0 Å². The van der Waals surface area contributed by atoms with Crippen LogP contribution in [0.1, 0.15) is 20.3 Å². The van der Waals surface area contributed by atoms with Gasteiger partial charge in [-0.15, -0.1) is 0 Å². The van der Waals surface area contributed by atoms with Crippen LogP contribution in [-0.4, -0.2) is 30.8 Å². The highest BCUT2D eigenvalue weighted by molar-refractivity contribution is 7.88. The Morgan fingerprint density at radius 3 is 2.00 bits per heavy atom. The number of ether oxygens (including phenoxy) is 2. The van der Waals surface area contributed by atoms with Gasteiger partial charge in [0.25, 0.3) is 0 Å². The molecular formula is C9H14NO4P. The molecule has 0 N–H and O–H groups in total. The lowest BCUT2D eigenvalue weighted by Gasteiger charge is -2.12. The van der Waals surface area contributed by atoms with Crippen LogP contribution in [0.25, 0.3) is 0 Å². The highest BCUT2D eigenvalue weighted by Crippen LogP contribution is 2.40. The molecule has 0 amide bonds. The SMILES string of the molecule is CCOC(=O)P(CCC#N)C(=O)OCC. The third-order valence-corrected chi connectivity index (χ3v) is 3.23. The molecule has 0 aliphatic rings. The summed E-state index contributed by atoms with van der Waals surface area (Å²) in [6.07, 6.45) is 0.368. The molecule has 5 nitrogen and oxygen atoms in total. The summed E-state index contributed by atoms with van der Waals surface area (Å²) in [5, 5.41) is 8.39. The molecule has 0 aliphatic heterocycles. The Morgan fingerprint density at radius 2 is 1.67 bits per heavy atom. The maximum absolute atomic E-state index is 11.4. The van der Waals surface area contributed by atoms with Crippen molar-refractivity contribution in [2.45, 2.75) is 20.3 Å². The van der Waals surface area contributed by atoms with E-state index >= 15 is 0 Å². The summed E-state index contributed by atoms with van der Waals surface area (Å²) < 4.78 is 9.50. The fraction of sp³-hybridized carbons (Fsp3) is 0.667. The number of hydrogen-bond donors (Lipinski definition) is 0.